The summed E-state index contributed by atoms with van der Waals surface area (Å²) >= 11 is 7.56. The summed E-state index contributed by atoms with van der Waals surface area (Å²) in [5.41, 5.74) is 2.61. The van der Waals surface area contributed by atoms with E-state index in [2.05, 4.69) is 15.4 Å². The van der Waals surface area contributed by atoms with Crippen molar-refractivity contribution in [3.63, 3.8) is 0 Å². The van der Waals surface area contributed by atoms with Gasteiger partial charge in [0.25, 0.3) is 0 Å². The predicted octanol–water partition coefficient (Wildman–Crippen LogP) is 4.53. The molecule has 0 amide bonds. The van der Waals surface area contributed by atoms with E-state index in [1.54, 1.807) is 41.1 Å². The molecule has 0 unspecified atom stereocenters. The maximum absolute atomic E-state index is 12.9. The summed E-state index contributed by atoms with van der Waals surface area (Å²) < 4.78 is 3.14. The number of nitroso groups, excluding NO2 is 1. The van der Waals surface area contributed by atoms with Crippen LogP contribution in [0.4, 0.5) is 5.69 Å². The Kier molecular flexibility index (Phi) is 4.97. The quantitative estimate of drug-likeness (QED) is 0.356. The van der Waals surface area contributed by atoms with Gasteiger partial charge >= 0.3 is 5.56 Å². The molecule has 0 saturated carbocycles. The van der Waals surface area contributed by atoms with Gasteiger partial charge in [0.05, 0.1) is 5.69 Å². The predicted molar refractivity (Wildman–Crippen MR) is 110 cm³/mol. The lowest BCUT2D eigenvalue weighted by atomic mass is 10.2. The molecule has 0 saturated heterocycles. The Morgan fingerprint density at radius 1 is 1.11 bits per heavy atom. The highest BCUT2D eigenvalue weighted by Crippen LogP contribution is 2.27. The van der Waals surface area contributed by atoms with Crippen LogP contribution in [0.25, 0.3) is 11.3 Å². The Labute approximate surface area is 169 Å². The standard InChI is InChI=1S/C19H14ClN5O2S/c1-12-14(20)6-4-8-16(12)24-9-10-25-17(18(24)26)21-22-19(25)28-11-13-5-2-3-7-15(13)23-27/h2-10H,11H2,1H3. The third kappa shape index (κ3) is 3.21. The van der Waals surface area contributed by atoms with Crippen LogP contribution in [0, 0.1) is 11.8 Å². The van der Waals surface area contributed by atoms with E-state index in [0.29, 0.717) is 27.3 Å². The number of rotatable bonds is 5. The third-order valence-electron chi connectivity index (χ3n) is 4.38. The van der Waals surface area contributed by atoms with Crippen LogP contribution in [0.15, 0.2) is 70.0 Å². The van der Waals surface area contributed by atoms with Gasteiger partial charge in [0.15, 0.2) is 5.16 Å². The molecular formula is C19H14ClN5O2S. The average Bonchev–Trinajstić information content (AvgIpc) is 3.13. The monoisotopic (exact) mass is 411 g/mol. The largest absolute Gasteiger partial charge is 0.300 e. The van der Waals surface area contributed by atoms with Crippen molar-refractivity contribution in [2.75, 3.05) is 0 Å². The second kappa shape index (κ2) is 7.57. The Bertz CT molecular complexity index is 1250. The minimum Gasteiger partial charge on any atom is -0.279 e. The molecule has 0 aliphatic rings. The molecule has 0 N–H and O–H groups in total. The van der Waals surface area contributed by atoms with Crippen molar-refractivity contribution in [1.29, 1.82) is 0 Å². The Morgan fingerprint density at radius 3 is 2.75 bits per heavy atom. The van der Waals surface area contributed by atoms with E-state index in [9.17, 15) is 9.70 Å². The molecule has 0 spiro atoms. The first kappa shape index (κ1) is 18.4. The van der Waals surface area contributed by atoms with Crippen LogP contribution < -0.4 is 5.56 Å². The third-order valence-corrected chi connectivity index (χ3v) is 5.79. The number of halogens is 1. The molecule has 2 heterocycles. The minimum absolute atomic E-state index is 0.214. The molecule has 4 aromatic rings. The SMILES string of the molecule is Cc1c(Cl)cccc1-n1ccn2c(SCc3ccccc3N=O)nnc2c1=O. The summed E-state index contributed by atoms with van der Waals surface area (Å²) in [6.07, 6.45) is 3.41. The van der Waals surface area contributed by atoms with Crippen LogP contribution in [0.3, 0.4) is 0 Å². The first-order valence-corrected chi connectivity index (χ1v) is 9.72. The molecule has 0 atom stereocenters. The van der Waals surface area contributed by atoms with Crippen molar-refractivity contribution < 1.29 is 0 Å². The normalized spacial score (nSPS) is 11.1. The summed E-state index contributed by atoms with van der Waals surface area (Å²) in [7, 11) is 0. The van der Waals surface area contributed by atoms with Crippen LogP contribution >= 0.6 is 23.4 Å². The first-order valence-electron chi connectivity index (χ1n) is 8.36. The highest BCUT2D eigenvalue weighted by Gasteiger charge is 2.14. The zero-order valence-electron chi connectivity index (χ0n) is 14.7. The van der Waals surface area contributed by atoms with E-state index in [0.717, 1.165) is 11.1 Å². The molecule has 0 fully saturated rings. The average molecular weight is 412 g/mol. The van der Waals surface area contributed by atoms with Crippen LogP contribution in [-0.4, -0.2) is 19.2 Å². The van der Waals surface area contributed by atoms with Crippen molar-refractivity contribution in [3.05, 3.63) is 86.3 Å². The maximum Gasteiger partial charge on any atom is 0.300 e. The molecule has 0 radical (unpaired) electrons. The van der Waals surface area contributed by atoms with E-state index < -0.39 is 0 Å². The van der Waals surface area contributed by atoms with Gasteiger partial charge in [0, 0.05) is 23.2 Å². The zero-order chi connectivity index (χ0) is 19.7. The smallest absolute Gasteiger partial charge is 0.279 e. The summed E-state index contributed by atoms with van der Waals surface area (Å²) in [6.45, 7) is 1.86. The van der Waals surface area contributed by atoms with E-state index in [-0.39, 0.29) is 11.2 Å². The number of nitrogens with zero attached hydrogens (tertiary/aromatic N) is 5. The zero-order valence-corrected chi connectivity index (χ0v) is 16.3. The topological polar surface area (TPSA) is 81.6 Å². The molecule has 0 aliphatic heterocycles. The maximum atomic E-state index is 12.9. The van der Waals surface area contributed by atoms with Crippen molar-refractivity contribution >= 4 is 34.7 Å². The molecule has 0 aliphatic carbocycles. The van der Waals surface area contributed by atoms with Gasteiger partial charge in [-0.25, -0.2) is 0 Å². The van der Waals surface area contributed by atoms with Gasteiger partial charge in [-0.1, -0.05) is 47.6 Å². The highest BCUT2D eigenvalue weighted by molar-refractivity contribution is 7.98. The molecule has 9 heteroatoms. The number of fused-ring (bicyclic) bond motifs is 1. The minimum atomic E-state index is -0.290. The van der Waals surface area contributed by atoms with Crippen LogP contribution in [0.2, 0.25) is 5.02 Å². The van der Waals surface area contributed by atoms with Crippen molar-refractivity contribution in [2.24, 2.45) is 5.18 Å². The summed E-state index contributed by atoms with van der Waals surface area (Å²) in [5.74, 6) is 0.485. The van der Waals surface area contributed by atoms with Crippen molar-refractivity contribution in [1.82, 2.24) is 19.2 Å². The van der Waals surface area contributed by atoms with Crippen molar-refractivity contribution in [2.45, 2.75) is 17.8 Å². The number of hydrogen-bond donors (Lipinski definition) is 0. The van der Waals surface area contributed by atoms with Gasteiger partial charge in [-0.05, 0) is 41.4 Å². The van der Waals surface area contributed by atoms with Gasteiger partial charge in [0.1, 0.15) is 5.69 Å². The second-order valence-electron chi connectivity index (χ2n) is 6.04. The van der Waals surface area contributed by atoms with Gasteiger partial charge in [0.2, 0.25) is 5.65 Å². The van der Waals surface area contributed by atoms with Gasteiger partial charge in [-0.3, -0.25) is 13.8 Å². The lowest BCUT2D eigenvalue weighted by molar-refractivity contribution is 0.890. The lowest BCUT2D eigenvalue weighted by Crippen LogP contribution is -2.21. The van der Waals surface area contributed by atoms with E-state index in [1.807, 2.05) is 25.1 Å². The van der Waals surface area contributed by atoms with Crippen LogP contribution in [-0.2, 0) is 5.75 Å². The molecule has 28 heavy (non-hydrogen) atoms. The fraction of sp³-hybridized carbons (Fsp3) is 0.105. The van der Waals surface area contributed by atoms with Gasteiger partial charge in [-0.15, -0.1) is 15.1 Å². The second-order valence-corrected chi connectivity index (χ2v) is 7.39. The number of hydrogen-bond acceptors (Lipinski definition) is 6. The summed E-state index contributed by atoms with van der Waals surface area (Å²) in [5, 5.41) is 12.4. The summed E-state index contributed by atoms with van der Waals surface area (Å²) in [6, 6.07) is 12.5. The van der Waals surface area contributed by atoms with E-state index in [4.69, 9.17) is 11.6 Å². The number of thioether (sulfide) groups is 1. The molecule has 4 rings (SSSR count). The fourth-order valence-electron chi connectivity index (χ4n) is 2.88. The molecular weight excluding hydrogens is 398 g/mol. The van der Waals surface area contributed by atoms with E-state index >= 15 is 0 Å². The molecule has 2 aromatic heterocycles. The first-order chi connectivity index (χ1) is 13.6. The summed E-state index contributed by atoms with van der Waals surface area (Å²) in [4.78, 5) is 23.8. The van der Waals surface area contributed by atoms with Crippen LogP contribution in [0.1, 0.15) is 11.1 Å². The fourth-order valence-corrected chi connectivity index (χ4v) is 3.96. The van der Waals surface area contributed by atoms with E-state index in [1.165, 1.54) is 16.3 Å². The lowest BCUT2D eigenvalue weighted by Gasteiger charge is -2.10. The number of aromatic nitrogens is 4. The van der Waals surface area contributed by atoms with Crippen LogP contribution in [0.5, 0.6) is 0 Å². The highest BCUT2D eigenvalue weighted by atomic mass is 35.5. The van der Waals surface area contributed by atoms with Crippen molar-refractivity contribution in [3.8, 4) is 5.69 Å². The molecule has 140 valence electrons. The molecule has 0 bridgehead atoms. The number of benzene rings is 2. The Balaban J connectivity index is 1.70. The van der Waals surface area contributed by atoms with Gasteiger partial charge < -0.3 is 0 Å². The molecule has 7 nitrogen and oxygen atoms in total. The Hall–Kier alpha value is -2.97. The van der Waals surface area contributed by atoms with Gasteiger partial charge in [-0.2, -0.15) is 0 Å². The molecule has 2 aromatic carbocycles. The Morgan fingerprint density at radius 2 is 1.93 bits per heavy atom.